The number of hydrazine groups is 1. The van der Waals surface area contributed by atoms with Gasteiger partial charge in [0.05, 0.1) is 16.1 Å². The van der Waals surface area contributed by atoms with Crippen LogP contribution in [-0.4, -0.2) is 18.8 Å². The molecule has 1 unspecified atom stereocenters. The molecule has 3 N–H and O–H groups in total. The van der Waals surface area contributed by atoms with E-state index >= 15 is 0 Å². The van der Waals surface area contributed by atoms with Crippen molar-refractivity contribution in [3.05, 3.63) is 33.8 Å². The van der Waals surface area contributed by atoms with Crippen LogP contribution in [0.15, 0.2) is 16.6 Å². The zero-order chi connectivity index (χ0) is 15.5. The number of ether oxygens (including phenoxy) is 1. The SMILES string of the molecule is COC1(C(Cc2c(F)ccc(Br)c2F)NN)CCCCC1. The summed E-state index contributed by atoms with van der Waals surface area (Å²) < 4.78 is 34.1. The molecule has 1 aromatic rings. The number of rotatable bonds is 5. The van der Waals surface area contributed by atoms with Crippen LogP contribution in [0.25, 0.3) is 0 Å². The average Bonchev–Trinajstić information content (AvgIpc) is 2.52. The van der Waals surface area contributed by atoms with Crippen molar-refractivity contribution in [2.45, 2.75) is 50.2 Å². The molecular weight excluding hydrogens is 342 g/mol. The van der Waals surface area contributed by atoms with E-state index in [2.05, 4.69) is 21.4 Å². The zero-order valence-corrected chi connectivity index (χ0v) is 13.7. The molecule has 3 nitrogen and oxygen atoms in total. The maximum absolute atomic E-state index is 14.2. The number of methoxy groups -OCH3 is 1. The van der Waals surface area contributed by atoms with Crippen LogP contribution in [0.3, 0.4) is 0 Å². The first kappa shape index (κ1) is 16.8. The van der Waals surface area contributed by atoms with Gasteiger partial charge in [0.15, 0.2) is 0 Å². The lowest BCUT2D eigenvalue weighted by molar-refractivity contribution is -0.0676. The molecule has 1 atom stereocenters. The third-order valence-corrected chi connectivity index (χ3v) is 5.10. The Morgan fingerprint density at radius 1 is 1.33 bits per heavy atom. The van der Waals surface area contributed by atoms with Crippen molar-refractivity contribution in [1.29, 1.82) is 0 Å². The quantitative estimate of drug-likeness (QED) is 0.479. The van der Waals surface area contributed by atoms with E-state index in [0.717, 1.165) is 32.1 Å². The van der Waals surface area contributed by atoms with Gasteiger partial charge in [-0.3, -0.25) is 11.3 Å². The van der Waals surface area contributed by atoms with Gasteiger partial charge in [-0.1, -0.05) is 19.3 Å². The van der Waals surface area contributed by atoms with Crippen molar-refractivity contribution in [2.24, 2.45) is 5.84 Å². The predicted molar refractivity (Wildman–Crippen MR) is 81.7 cm³/mol. The highest BCUT2D eigenvalue weighted by atomic mass is 79.9. The highest BCUT2D eigenvalue weighted by Gasteiger charge is 2.40. The molecule has 1 aliphatic rings. The van der Waals surface area contributed by atoms with Crippen molar-refractivity contribution < 1.29 is 13.5 Å². The van der Waals surface area contributed by atoms with E-state index in [1.54, 1.807) is 7.11 Å². The Balaban J connectivity index is 2.28. The molecule has 0 bridgehead atoms. The molecule has 1 aromatic carbocycles. The summed E-state index contributed by atoms with van der Waals surface area (Å²) in [6.07, 6.45) is 5.07. The van der Waals surface area contributed by atoms with Gasteiger partial charge in [-0.15, -0.1) is 0 Å². The van der Waals surface area contributed by atoms with Crippen LogP contribution in [0, 0.1) is 11.6 Å². The van der Waals surface area contributed by atoms with E-state index in [9.17, 15) is 8.78 Å². The van der Waals surface area contributed by atoms with Gasteiger partial charge in [-0.2, -0.15) is 0 Å². The molecule has 1 fully saturated rings. The monoisotopic (exact) mass is 362 g/mol. The van der Waals surface area contributed by atoms with Crippen molar-refractivity contribution in [3.8, 4) is 0 Å². The number of benzene rings is 1. The van der Waals surface area contributed by atoms with Crippen LogP contribution in [0.2, 0.25) is 0 Å². The Labute approximate surface area is 132 Å². The Hall–Kier alpha value is -0.560. The lowest BCUT2D eigenvalue weighted by atomic mass is 9.77. The Morgan fingerprint density at radius 2 is 2.00 bits per heavy atom. The number of nitrogens with one attached hydrogen (secondary N) is 1. The molecule has 0 radical (unpaired) electrons. The number of nitrogens with two attached hydrogens (primary N) is 1. The van der Waals surface area contributed by atoms with Crippen LogP contribution < -0.4 is 11.3 Å². The third-order valence-electron chi connectivity index (χ3n) is 4.49. The first-order chi connectivity index (χ1) is 10.0. The molecule has 0 saturated heterocycles. The molecule has 6 heteroatoms. The van der Waals surface area contributed by atoms with Crippen molar-refractivity contribution in [3.63, 3.8) is 0 Å². The van der Waals surface area contributed by atoms with Gasteiger partial charge < -0.3 is 4.74 Å². The van der Waals surface area contributed by atoms with E-state index in [-0.39, 0.29) is 22.5 Å². The van der Waals surface area contributed by atoms with Crippen LogP contribution in [-0.2, 0) is 11.2 Å². The molecule has 0 spiro atoms. The second-order valence-electron chi connectivity index (χ2n) is 5.57. The predicted octanol–water partition coefficient (Wildman–Crippen LogP) is 3.45. The zero-order valence-electron chi connectivity index (χ0n) is 12.1. The maximum atomic E-state index is 14.2. The van der Waals surface area contributed by atoms with E-state index in [4.69, 9.17) is 10.6 Å². The van der Waals surface area contributed by atoms with E-state index in [0.29, 0.717) is 0 Å². The fourth-order valence-corrected chi connectivity index (χ4v) is 3.57. The molecule has 0 amide bonds. The fourth-order valence-electron chi connectivity index (χ4n) is 3.20. The minimum Gasteiger partial charge on any atom is -0.377 e. The highest BCUT2D eigenvalue weighted by Crippen LogP contribution is 2.36. The number of halogens is 3. The van der Waals surface area contributed by atoms with Crippen molar-refractivity contribution in [1.82, 2.24) is 5.43 Å². The molecule has 1 saturated carbocycles. The van der Waals surface area contributed by atoms with Crippen LogP contribution >= 0.6 is 15.9 Å². The van der Waals surface area contributed by atoms with Gasteiger partial charge in [0.2, 0.25) is 0 Å². The van der Waals surface area contributed by atoms with E-state index in [1.165, 1.54) is 12.1 Å². The van der Waals surface area contributed by atoms with Crippen molar-refractivity contribution in [2.75, 3.05) is 7.11 Å². The van der Waals surface area contributed by atoms with Gasteiger partial charge in [-0.05, 0) is 47.3 Å². The van der Waals surface area contributed by atoms with Crippen LogP contribution in [0.5, 0.6) is 0 Å². The molecule has 2 rings (SSSR count). The summed E-state index contributed by atoms with van der Waals surface area (Å²) in [5, 5.41) is 0. The molecule has 118 valence electrons. The van der Waals surface area contributed by atoms with Gasteiger partial charge in [0, 0.05) is 12.7 Å². The second kappa shape index (κ2) is 7.13. The topological polar surface area (TPSA) is 47.3 Å². The summed E-state index contributed by atoms with van der Waals surface area (Å²) in [6.45, 7) is 0. The van der Waals surface area contributed by atoms with Crippen LogP contribution in [0.1, 0.15) is 37.7 Å². The Morgan fingerprint density at radius 3 is 2.57 bits per heavy atom. The normalized spacial score (nSPS) is 19.5. The second-order valence-corrected chi connectivity index (χ2v) is 6.43. The minimum absolute atomic E-state index is 0.0364. The molecule has 0 aromatic heterocycles. The summed E-state index contributed by atoms with van der Waals surface area (Å²) in [5.41, 5.74) is 2.28. The minimum atomic E-state index is -0.572. The summed E-state index contributed by atoms with van der Waals surface area (Å²) >= 11 is 3.09. The molecular formula is C15H21BrF2N2O. The Kier molecular flexibility index (Phi) is 5.71. The maximum Gasteiger partial charge on any atom is 0.143 e. The number of hydrogen-bond donors (Lipinski definition) is 2. The molecule has 1 aliphatic carbocycles. The van der Waals surface area contributed by atoms with Crippen LogP contribution in [0.4, 0.5) is 8.78 Å². The summed E-state index contributed by atoms with van der Waals surface area (Å²) in [4.78, 5) is 0. The standard InChI is InChI=1S/C15H21BrF2N2O/c1-21-15(7-3-2-4-8-15)13(20-19)9-10-12(17)6-5-11(16)14(10)18/h5-6,13,20H,2-4,7-9,19H2,1H3. The van der Waals surface area contributed by atoms with Gasteiger partial charge in [-0.25, -0.2) is 8.78 Å². The summed E-state index contributed by atoms with van der Waals surface area (Å²) in [7, 11) is 1.64. The fraction of sp³-hybridized carbons (Fsp3) is 0.600. The first-order valence-electron chi connectivity index (χ1n) is 7.17. The molecule has 0 aliphatic heterocycles. The largest absolute Gasteiger partial charge is 0.377 e. The third kappa shape index (κ3) is 3.44. The van der Waals surface area contributed by atoms with Crippen molar-refractivity contribution >= 4 is 15.9 Å². The van der Waals surface area contributed by atoms with Gasteiger partial charge in [0.1, 0.15) is 11.6 Å². The van der Waals surface area contributed by atoms with Gasteiger partial charge >= 0.3 is 0 Å². The lowest BCUT2D eigenvalue weighted by Gasteiger charge is -2.42. The smallest absolute Gasteiger partial charge is 0.143 e. The number of hydrogen-bond acceptors (Lipinski definition) is 3. The Bertz CT molecular complexity index is 493. The lowest BCUT2D eigenvalue weighted by Crippen LogP contribution is -2.56. The summed E-state index contributed by atoms with van der Waals surface area (Å²) in [6, 6.07) is 2.29. The van der Waals surface area contributed by atoms with E-state index < -0.39 is 17.2 Å². The van der Waals surface area contributed by atoms with E-state index in [1.807, 2.05) is 0 Å². The molecule has 21 heavy (non-hydrogen) atoms. The van der Waals surface area contributed by atoms with Gasteiger partial charge in [0.25, 0.3) is 0 Å². The summed E-state index contributed by atoms with van der Waals surface area (Å²) in [5.74, 6) is 4.53. The average molecular weight is 363 g/mol. The highest BCUT2D eigenvalue weighted by molar-refractivity contribution is 9.10. The molecule has 0 heterocycles. The first-order valence-corrected chi connectivity index (χ1v) is 7.97.